The molecule has 73 heavy (non-hydrogen) atoms. The van der Waals surface area contributed by atoms with Crippen molar-refractivity contribution in [3.8, 4) is 0 Å². The average molecular weight is 1060 g/mol. The minimum absolute atomic E-state index is 0. The molecule has 0 bridgehead atoms. The van der Waals surface area contributed by atoms with Crippen LogP contribution >= 0.6 is 37.2 Å². The van der Waals surface area contributed by atoms with Crippen LogP contribution < -0.4 is 15.6 Å². The molecule has 1 aliphatic rings. The Morgan fingerprint density at radius 2 is 0.548 bits per heavy atom. The van der Waals surface area contributed by atoms with Gasteiger partial charge in [-0.25, -0.2) is 0 Å². The fourth-order valence-electron chi connectivity index (χ4n) is 11.0. The first-order chi connectivity index (χ1) is 34.3. The van der Waals surface area contributed by atoms with Crippen LogP contribution in [0, 0.1) is 5.92 Å². The van der Waals surface area contributed by atoms with Crippen LogP contribution in [0.4, 0.5) is 0 Å². The van der Waals surface area contributed by atoms with E-state index in [-0.39, 0.29) is 37.2 Å². The van der Waals surface area contributed by atoms with Crippen molar-refractivity contribution in [3.63, 3.8) is 0 Å². The SMILES string of the molecule is CC(C)C1=CC[C]([Ti])=C1[Si](c1cc(Cc2ccccc2)cc(Cc2ccccc2)c1)(c1cc(Cc2ccccc2)cc(Cc2ccccc2)c1)c1cc(Cc2ccccc2)cc(Cc2ccccc2)c1.Cl.Cl.Cl. The maximum atomic E-state index is 2.66. The maximum Gasteiger partial charge on any atom is -0.147 e. The van der Waals surface area contributed by atoms with E-state index in [2.05, 4.69) is 277 Å². The van der Waals surface area contributed by atoms with Gasteiger partial charge in [-0.3, -0.25) is 0 Å². The van der Waals surface area contributed by atoms with Crippen LogP contribution in [0.5, 0.6) is 0 Å². The fourth-order valence-corrected chi connectivity index (χ4v) is 17.9. The second-order valence-electron chi connectivity index (χ2n) is 19.7. The van der Waals surface area contributed by atoms with Gasteiger partial charge in [0.2, 0.25) is 0 Å². The number of benzene rings is 9. The Labute approximate surface area is 466 Å². The predicted octanol–water partition coefficient (Wildman–Crippen LogP) is 15.3. The van der Waals surface area contributed by atoms with Crippen molar-refractivity contribution in [2.24, 2.45) is 5.92 Å². The normalized spacial score (nSPS) is 12.1. The molecule has 0 aromatic heterocycles. The summed E-state index contributed by atoms with van der Waals surface area (Å²) in [5.41, 5.74) is 17.7. The van der Waals surface area contributed by atoms with Crippen molar-refractivity contribution in [2.75, 3.05) is 0 Å². The summed E-state index contributed by atoms with van der Waals surface area (Å²) in [4.78, 5) is 0. The van der Waals surface area contributed by atoms with E-state index in [1.54, 1.807) is 5.20 Å². The molecule has 0 saturated carbocycles. The molecule has 9 aromatic rings. The molecule has 365 valence electrons. The summed E-state index contributed by atoms with van der Waals surface area (Å²) in [6.45, 7) is 4.85. The van der Waals surface area contributed by atoms with Gasteiger partial charge in [0.1, 0.15) is 0 Å². The van der Waals surface area contributed by atoms with Crippen LogP contribution in [-0.4, -0.2) is 8.07 Å². The first-order valence-electron chi connectivity index (χ1n) is 25.1. The number of hydrogen-bond donors (Lipinski definition) is 0. The third-order valence-electron chi connectivity index (χ3n) is 14.1. The molecule has 0 atom stereocenters. The van der Waals surface area contributed by atoms with Gasteiger partial charge in [-0.15, -0.1) is 37.2 Å². The third-order valence-corrected chi connectivity index (χ3v) is 20.0. The Balaban J connectivity index is 0.00000260. The molecule has 1 aliphatic carbocycles. The van der Waals surface area contributed by atoms with Gasteiger partial charge >= 0.3 is 433 Å². The summed E-state index contributed by atoms with van der Waals surface area (Å²) in [5.74, 6) is 0.350. The molecule has 0 fully saturated rings. The molecule has 0 saturated heterocycles. The summed E-state index contributed by atoms with van der Waals surface area (Å²) in [6.07, 6.45) is 8.77. The standard InChI is InChI=1S/C68H61Si.3ClH.Ti/c1-51(2)67-34-21-35-68(67)69(64-45-58(36-52-22-9-3-10-23-52)42-59(46-64)37-53-24-11-4-12-25-53,65-47-60(38-54-26-13-5-14-27-54)43-61(48-65)39-55-28-15-6-16-29-55)66-49-62(40-56-30-17-7-18-31-56)44-63(50-66)41-57-32-19-8-20-33-57;;;;/h3-20,22-34,42-51H,21,36-41H2,1-2H3;3*1H;. The van der Waals surface area contributed by atoms with Crippen LogP contribution in [0.3, 0.4) is 0 Å². The largest absolute Gasteiger partial charge is 0.147 e. The summed E-state index contributed by atoms with van der Waals surface area (Å²) in [7, 11) is -3.26. The Morgan fingerprint density at radius 3 is 0.753 bits per heavy atom. The molecule has 0 heterocycles. The monoisotopic (exact) mass is 1060 g/mol. The van der Waals surface area contributed by atoms with Crippen molar-refractivity contribution in [1.82, 2.24) is 0 Å². The molecule has 0 N–H and O–H groups in total. The Morgan fingerprint density at radius 1 is 0.329 bits per heavy atom. The summed E-state index contributed by atoms with van der Waals surface area (Å²) in [6, 6.07) is 90.1. The zero-order valence-corrected chi connectivity index (χ0v) is 46.9. The van der Waals surface area contributed by atoms with Crippen LogP contribution in [0.1, 0.15) is 87.0 Å². The molecule has 0 nitrogen and oxygen atoms in total. The van der Waals surface area contributed by atoms with Crippen LogP contribution in [0.15, 0.2) is 257 Å². The quantitative estimate of drug-likeness (QED) is 0.0630. The second-order valence-corrected chi connectivity index (χ2v) is 24.4. The smallest absolute Gasteiger partial charge is 0.147 e. The molecule has 0 aliphatic heterocycles. The number of allylic oxidation sites excluding steroid dienone is 4. The van der Waals surface area contributed by atoms with E-state index in [9.17, 15) is 0 Å². The van der Waals surface area contributed by atoms with Gasteiger partial charge in [-0.05, 0) is 0 Å². The van der Waals surface area contributed by atoms with Crippen molar-refractivity contribution < 1.29 is 20.4 Å². The van der Waals surface area contributed by atoms with E-state index in [1.807, 2.05) is 0 Å². The van der Waals surface area contributed by atoms with E-state index < -0.39 is 8.07 Å². The van der Waals surface area contributed by atoms with Crippen molar-refractivity contribution in [1.29, 1.82) is 0 Å². The molecule has 9 aromatic carbocycles. The summed E-state index contributed by atoms with van der Waals surface area (Å²) in [5, 5.41) is 6.01. The van der Waals surface area contributed by atoms with Gasteiger partial charge in [0.15, 0.2) is 0 Å². The van der Waals surface area contributed by atoms with Gasteiger partial charge in [0.25, 0.3) is 0 Å². The van der Waals surface area contributed by atoms with Crippen LogP contribution in [0.2, 0.25) is 0 Å². The van der Waals surface area contributed by atoms with E-state index in [1.165, 1.54) is 91.8 Å². The Hall–Kier alpha value is -5.74. The maximum absolute atomic E-state index is 3.26. The van der Waals surface area contributed by atoms with Gasteiger partial charge in [-0.1, -0.05) is 0 Å². The Kier molecular flexibility index (Phi) is 19.6. The predicted molar refractivity (Wildman–Crippen MR) is 316 cm³/mol. The first-order valence-corrected chi connectivity index (χ1v) is 27.9. The fraction of sp³-hybridized carbons (Fsp3) is 0.147. The number of halogens is 3. The zero-order chi connectivity index (χ0) is 47.7. The van der Waals surface area contributed by atoms with E-state index in [0.717, 1.165) is 44.9 Å². The molecule has 0 unspecified atom stereocenters. The third kappa shape index (κ3) is 13.3. The van der Waals surface area contributed by atoms with Gasteiger partial charge < -0.3 is 0 Å². The molecule has 0 amide bonds. The van der Waals surface area contributed by atoms with Gasteiger partial charge in [0, 0.05) is 0 Å². The zero-order valence-electron chi connectivity index (χ0n) is 41.8. The summed E-state index contributed by atoms with van der Waals surface area (Å²) >= 11 is 2.46. The second kappa shape index (κ2) is 26.0. The number of hydrogen-bond acceptors (Lipinski definition) is 0. The molecular formula is C68H64Cl3SiTi. The van der Waals surface area contributed by atoms with Gasteiger partial charge in [0.05, 0.1) is 0 Å². The van der Waals surface area contributed by atoms with Crippen molar-refractivity contribution in [3.05, 3.63) is 324 Å². The van der Waals surface area contributed by atoms with E-state index >= 15 is 0 Å². The molecule has 0 spiro atoms. The Bertz CT molecular complexity index is 2750. The minimum atomic E-state index is -3.26. The van der Waals surface area contributed by atoms with E-state index in [0.29, 0.717) is 5.92 Å². The van der Waals surface area contributed by atoms with E-state index in [4.69, 9.17) is 0 Å². The van der Waals surface area contributed by atoms with Crippen molar-refractivity contribution in [2.45, 2.75) is 58.8 Å². The van der Waals surface area contributed by atoms with Gasteiger partial charge in [-0.2, -0.15) is 0 Å². The summed E-state index contributed by atoms with van der Waals surface area (Å²) < 4.78 is 1.50. The van der Waals surface area contributed by atoms with Crippen molar-refractivity contribution >= 4 is 60.9 Å². The molecule has 10 rings (SSSR count). The number of rotatable bonds is 17. The first kappa shape index (κ1) is 55.0. The minimum Gasteiger partial charge on any atom is -0.147 e. The van der Waals surface area contributed by atoms with Crippen LogP contribution in [-0.2, 0) is 59.0 Å². The average Bonchev–Trinajstić information content (AvgIpc) is 3.77. The molecule has 5 heteroatoms. The molecular weight excluding hydrogens is 999 g/mol. The molecule has 0 radical (unpaired) electrons. The topological polar surface area (TPSA) is 0 Å². The van der Waals surface area contributed by atoms with Crippen LogP contribution in [0.25, 0.3) is 0 Å².